The van der Waals surface area contributed by atoms with Crippen molar-refractivity contribution in [2.75, 3.05) is 12.4 Å². The number of nitrogens with zero attached hydrogens (tertiary/aromatic N) is 1. The number of ether oxygens (including phenoxy) is 1. The minimum atomic E-state index is 0.447. The van der Waals surface area contributed by atoms with Gasteiger partial charge in [-0.15, -0.1) is 0 Å². The summed E-state index contributed by atoms with van der Waals surface area (Å²) in [4.78, 5) is 4.94. The largest absolute Gasteiger partial charge is 0.378 e. The predicted molar refractivity (Wildman–Crippen MR) is 129 cm³/mol. The number of rotatable bonds is 7. The van der Waals surface area contributed by atoms with Crippen LogP contribution < -0.4 is 5.32 Å². The SMILES string of the molecule is COCc1nc(NCc2ccccc2)cc(-c2ccc(C)cc2)c1-c1ccc(C)cc1. The third-order valence-corrected chi connectivity index (χ3v) is 5.39. The van der Waals surface area contributed by atoms with Crippen molar-refractivity contribution in [3.63, 3.8) is 0 Å². The molecule has 3 aromatic carbocycles. The number of methoxy groups -OCH3 is 1. The van der Waals surface area contributed by atoms with Gasteiger partial charge in [0.2, 0.25) is 0 Å². The highest BCUT2D eigenvalue weighted by atomic mass is 16.5. The molecule has 0 saturated carbocycles. The molecule has 0 atom stereocenters. The lowest BCUT2D eigenvalue weighted by molar-refractivity contribution is 0.182. The first-order chi connectivity index (χ1) is 15.1. The minimum absolute atomic E-state index is 0.447. The van der Waals surface area contributed by atoms with E-state index in [0.717, 1.165) is 34.7 Å². The Hall–Kier alpha value is -3.43. The molecule has 4 aromatic rings. The van der Waals surface area contributed by atoms with Gasteiger partial charge in [-0.25, -0.2) is 4.98 Å². The molecule has 1 aromatic heterocycles. The summed E-state index contributed by atoms with van der Waals surface area (Å²) < 4.78 is 5.55. The molecule has 156 valence electrons. The summed E-state index contributed by atoms with van der Waals surface area (Å²) in [5, 5.41) is 3.50. The molecular weight excluding hydrogens is 380 g/mol. The highest BCUT2D eigenvalue weighted by molar-refractivity contribution is 5.86. The fraction of sp³-hybridized carbons (Fsp3) is 0.179. The average Bonchev–Trinajstić information content (AvgIpc) is 2.80. The van der Waals surface area contributed by atoms with Crippen LogP contribution in [-0.4, -0.2) is 12.1 Å². The van der Waals surface area contributed by atoms with Crippen LogP contribution in [0.1, 0.15) is 22.4 Å². The van der Waals surface area contributed by atoms with Gasteiger partial charge in [0.25, 0.3) is 0 Å². The summed E-state index contributed by atoms with van der Waals surface area (Å²) in [6, 6.07) is 29.8. The van der Waals surface area contributed by atoms with E-state index < -0.39 is 0 Å². The van der Waals surface area contributed by atoms with Crippen molar-refractivity contribution in [2.24, 2.45) is 0 Å². The van der Waals surface area contributed by atoms with Crippen LogP contribution in [0.4, 0.5) is 5.82 Å². The number of benzene rings is 3. The van der Waals surface area contributed by atoms with Gasteiger partial charge < -0.3 is 10.1 Å². The normalized spacial score (nSPS) is 10.8. The molecule has 3 nitrogen and oxygen atoms in total. The molecule has 0 aliphatic carbocycles. The van der Waals surface area contributed by atoms with Gasteiger partial charge in [0.05, 0.1) is 12.3 Å². The van der Waals surface area contributed by atoms with Crippen molar-refractivity contribution in [2.45, 2.75) is 27.0 Å². The van der Waals surface area contributed by atoms with Gasteiger partial charge >= 0.3 is 0 Å². The van der Waals surface area contributed by atoms with Crippen molar-refractivity contribution < 1.29 is 4.74 Å². The van der Waals surface area contributed by atoms with E-state index in [-0.39, 0.29) is 0 Å². The number of hydrogen-bond acceptors (Lipinski definition) is 3. The zero-order chi connectivity index (χ0) is 21.6. The van der Waals surface area contributed by atoms with Crippen molar-refractivity contribution >= 4 is 5.82 Å². The highest BCUT2D eigenvalue weighted by Crippen LogP contribution is 2.37. The van der Waals surface area contributed by atoms with E-state index in [1.54, 1.807) is 7.11 Å². The summed E-state index contributed by atoms with van der Waals surface area (Å²) in [5.41, 5.74) is 9.23. The molecule has 3 heteroatoms. The van der Waals surface area contributed by atoms with Crippen molar-refractivity contribution in [3.8, 4) is 22.3 Å². The monoisotopic (exact) mass is 408 g/mol. The Balaban J connectivity index is 1.83. The van der Waals surface area contributed by atoms with Gasteiger partial charge in [0, 0.05) is 19.2 Å². The lowest BCUT2D eigenvalue weighted by atomic mass is 9.92. The van der Waals surface area contributed by atoms with Crippen LogP contribution in [0.25, 0.3) is 22.3 Å². The third kappa shape index (κ3) is 5.01. The Labute approximate surface area is 184 Å². The van der Waals surface area contributed by atoms with Crippen molar-refractivity contribution in [1.82, 2.24) is 4.98 Å². The maximum atomic E-state index is 5.55. The van der Waals surface area contributed by atoms with Crippen LogP contribution >= 0.6 is 0 Å². The number of aromatic nitrogens is 1. The summed E-state index contributed by atoms with van der Waals surface area (Å²) in [5.74, 6) is 0.849. The Morgan fingerprint density at radius 2 is 1.39 bits per heavy atom. The summed E-state index contributed by atoms with van der Waals surface area (Å²) in [6.07, 6.45) is 0. The maximum absolute atomic E-state index is 5.55. The van der Waals surface area contributed by atoms with Crippen LogP contribution in [-0.2, 0) is 17.9 Å². The molecular formula is C28H28N2O. The number of aryl methyl sites for hydroxylation is 2. The molecule has 0 amide bonds. The van der Waals surface area contributed by atoms with Crippen LogP contribution in [0.15, 0.2) is 84.9 Å². The van der Waals surface area contributed by atoms with Crippen LogP contribution in [0.5, 0.6) is 0 Å². The molecule has 1 N–H and O–H groups in total. The first-order valence-corrected chi connectivity index (χ1v) is 10.6. The quantitative estimate of drug-likeness (QED) is 0.365. The van der Waals surface area contributed by atoms with E-state index in [0.29, 0.717) is 6.61 Å². The van der Waals surface area contributed by atoms with E-state index in [1.165, 1.54) is 22.3 Å². The van der Waals surface area contributed by atoms with E-state index in [2.05, 4.69) is 98.0 Å². The molecule has 31 heavy (non-hydrogen) atoms. The molecule has 0 fully saturated rings. The topological polar surface area (TPSA) is 34.1 Å². The predicted octanol–water partition coefficient (Wildman–Crippen LogP) is 6.79. The molecule has 0 spiro atoms. The Kier molecular flexibility index (Phi) is 6.44. The molecule has 0 radical (unpaired) electrons. The second kappa shape index (κ2) is 9.59. The van der Waals surface area contributed by atoms with Crippen LogP contribution in [0, 0.1) is 13.8 Å². The zero-order valence-electron chi connectivity index (χ0n) is 18.4. The van der Waals surface area contributed by atoms with E-state index in [1.807, 2.05) is 6.07 Å². The molecule has 0 saturated heterocycles. The third-order valence-electron chi connectivity index (χ3n) is 5.39. The number of anilines is 1. The minimum Gasteiger partial charge on any atom is -0.378 e. The van der Waals surface area contributed by atoms with E-state index >= 15 is 0 Å². The zero-order valence-corrected chi connectivity index (χ0v) is 18.4. The van der Waals surface area contributed by atoms with Crippen LogP contribution in [0.2, 0.25) is 0 Å². The second-order valence-electron chi connectivity index (χ2n) is 7.88. The van der Waals surface area contributed by atoms with Crippen molar-refractivity contribution in [1.29, 1.82) is 0 Å². The molecule has 0 aliphatic rings. The fourth-order valence-corrected chi connectivity index (χ4v) is 3.72. The molecule has 1 heterocycles. The standard InChI is InChI=1S/C28H28N2O/c1-20-9-13-23(14-10-20)25-17-27(29-18-22-7-5-4-6-8-22)30-26(19-31-3)28(25)24-15-11-21(2)12-16-24/h4-17H,18-19H2,1-3H3,(H,29,30). The number of pyridine rings is 1. The Bertz CT molecular complexity index is 1130. The van der Waals surface area contributed by atoms with Gasteiger partial charge in [0.15, 0.2) is 0 Å². The first-order valence-electron chi connectivity index (χ1n) is 10.6. The fourth-order valence-electron chi connectivity index (χ4n) is 3.72. The second-order valence-corrected chi connectivity index (χ2v) is 7.88. The smallest absolute Gasteiger partial charge is 0.127 e. The van der Waals surface area contributed by atoms with Gasteiger partial charge in [0.1, 0.15) is 5.82 Å². The van der Waals surface area contributed by atoms with Crippen molar-refractivity contribution in [3.05, 3.63) is 107 Å². The van der Waals surface area contributed by atoms with Crippen LogP contribution in [0.3, 0.4) is 0 Å². The highest BCUT2D eigenvalue weighted by Gasteiger charge is 2.16. The Morgan fingerprint density at radius 1 is 0.774 bits per heavy atom. The summed E-state index contributed by atoms with van der Waals surface area (Å²) in [7, 11) is 1.72. The van der Waals surface area contributed by atoms with Gasteiger partial charge in [-0.05, 0) is 42.2 Å². The van der Waals surface area contributed by atoms with E-state index in [9.17, 15) is 0 Å². The molecule has 0 bridgehead atoms. The Morgan fingerprint density at radius 3 is 2.00 bits per heavy atom. The lowest BCUT2D eigenvalue weighted by Gasteiger charge is -2.18. The number of nitrogens with one attached hydrogen (secondary N) is 1. The van der Waals surface area contributed by atoms with Gasteiger partial charge in [-0.1, -0.05) is 90.0 Å². The lowest BCUT2D eigenvalue weighted by Crippen LogP contribution is -2.06. The summed E-state index contributed by atoms with van der Waals surface area (Å²) in [6.45, 7) is 5.39. The number of hydrogen-bond donors (Lipinski definition) is 1. The molecule has 0 aliphatic heterocycles. The maximum Gasteiger partial charge on any atom is 0.127 e. The summed E-state index contributed by atoms with van der Waals surface area (Å²) >= 11 is 0. The van der Waals surface area contributed by atoms with Gasteiger partial charge in [-0.2, -0.15) is 0 Å². The molecule has 0 unspecified atom stereocenters. The molecule has 4 rings (SSSR count). The van der Waals surface area contributed by atoms with Gasteiger partial charge in [-0.3, -0.25) is 0 Å². The van der Waals surface area contributed by atoms with E-state index in [4.69, 9.17) is 9.72 Å². The first kappa shape index (κ1) is 20.8. The average molecular weight is 409 g/mol.